The zero-order valence-corrected chi connectivity index (χ0v) is 11.4. The molecule has 8 heteroatoms. The Kier molecular flexibility index (Phi) is 5.68. The number of nitrogens with one attached hydrogen (secondary N) is 1. The van der Waals surface area contributed by atoms with Crippen molar-refractivity contribution in [1.82, 2.24) is 0 Å². The Bertz CT molecular complexity index is 496. The van der Waals surface area contributed by atoms with E-state index in [-0.39, 0.29) is 22.3 Å². The van der Waals surface area contributed by atoms with Crippen molar-refractivity contribution < 1.29 is 19.2 Å². The van der Waals surface area contributed by atoms with E-state index in [1.807, 2.05) is 0 Å². The zero-order chi connectivity index (χ0) is 14.4. The Labute approximate surface area is 116 Å². The van der Waals surface area contributed by atoms with Crippen molar-refractivity contribution in [1.29, 1.82) is 0 Å². The molecule has 6 nitrogen and oxygen atoms in total. The molecule has 0 saturated heterocycles. The van der Waals surface area contributed by atoms with Gasteiger partial charge in [-0.25, -0.2) is 4.39 Å². The number of nitrogens with zero attached hydrogens (tertiary/aromatic N) is 1. The number of carboxylic acid groups (broad SMARTS) is 1. The highest BCUT2D eigenvalue weighted by Crippen LogP contribution is 2.30. The van der Waals surface area contributed by atoms with Gasteiger partial charge in [0, 0.05) is 25.1 Å². The number of anilines is 1. The van der Waals surface area contributed by atoms with Gasteiger partial charge in [-0.1, -0.05) is 0 Å². The number of halogens is 2. The summed E-state index contributed by atoms with van der Waals surface area (Å²) in [6.45, 7) is 0.342. The van der Waals surface area contributed by atoms with Crippen molar-refractivity contribution in [2.75, 3.05) is 11.9 Å². The zero-order valence-electron chi connectivity index (χ0n) is 9.86. The van der Waals surface area contributed by atoms with Gasteiger partial charge in [0.2, 0.25) is 0 Å². The molecule has 0 aliphatic heterocycles. The molecule has 0 fully saturated rings. The molecule has 0 atom stereocenters. The Balaban J connectivity index is 2.64. The lowest BCUT2D eigenvalue weighted by Crippen LogP contribution is -2.06. The van der Waals surface area contributed by atoms with Crippen molar-refractivity contribution in [3.63, 3.8) is 0 Å². The number of carbonyl (C=O) groups is 1. The highest BCUT2D eigenvalue weighted by molar-refractivity contribution is 9.10. The standard InChI is InChI=1S/C11H12BrFN2O4/c12-7-5-10(15(18)19)9(6-8(7)13)14-4-2-1-3-11(16)17/h5-6,14H,1-4H2,(H,16,17). The van der Waals surface area contributed by atoms with E-state index in [1.165, 1.54) is 0 Å². The van der Waals surface area contributed by atoms with Crippen LogP contribution in [0.1, 0.15) is 19.3 Å². The lowest BCUT2D eigenvalue weighted by molar-refractivity contribution is -0.384. The van der Waals surface area contributed by atoms with Crippen LogP contribution in [0.4, 0.5) is 15.8 Å². The fourth-order valence-corrected chi connectivity index (χ4v) is 1.78. The van der Waals surface area contributed by atoms with Crippen molar-refractivity contribution >= 4 is 33.3 Å². The van der Waals surface area contributed by atoms with E-state index in [9.17, 15) is 19.3 Å². The summed E-state index contributed by atoms with van der Waals surface area (Å²) in [6.07, 6.45) is 1.02. The molecule has 0 heterocycles. The number of nitro groups is 1. The molecule has 0 aromatic heterocycles. The Morgan fingerprint density at radius 3 is 2.74 bits per heavy atom. The van der Waals surface area contributed by atoms with Gasteiger partial charge < -0.3 is 10.4 Å². The van der Waals surface area contributed by atoms with E-state index >= 15 is 0 Å². The van der Waals surface area contributed by atoms with Crippen molar-refractivity contribution in [3.05, 3.63) is 32.5 Å². The van der Waals surface area contributed by atoms with Gasteiger partial charge in [0.05, 0.1) is 9.40 Å². The molecule has 0 amide bonds. The minimum atomic E-state index is -0.888. The van der Waals surface area contributed by atoms with Gasteiger partial charge in [0.1, 0.15) is 11.5 Å². The maximum atomic E-state index is 13.3. The van der Waals surface area contributed by atoms with Crippen molar-refractivity contribution in [2.24, 2.45) is 0 Å². The number of aliphatic carboxylic acids is 1. The normalized spacial score (nSPS) is 10.2. The summed E-state index contributed by atoms with van der Waals surface area (Å²) in [5.41, 5.74) is -0.146. The number of nitro benzene ring substituents is 1. The predicted molar refractivity (Wildman–Crippen MR) is 70.7 cm³/mol. The molecule has 0 spiro atoms. The van der Waals surface area contributed by atoms with Gasteiger partial charge in [0.25, 0.3) is 5.69 Å². The maximum absolute atomic E-state index is 13.3. The summed E-state index contributed by atoms with van der Waals surface area (Å²) < 4.78 is 13.3. The van der Waals surface area contributed by atoms with E-state index in [1.54, 1.807) is 0 Å². The summed E-state index contributed by atoms with van der Waals surface area (Å²) in [7, 11) is 0. The third-order valence-corrected chi connectivity index (χ3v) is 2.98. The number of rotatable bonds is 7. The number of hydrogen-bond acceptors (Lipinski definition) is 4. The maximum Gasteiger partial charge on any atom is 0.303 e. The second-order valence-corrected chi connectivity index (χ2v) is 4.67. The second-order valence-electron chi connectivity index (χ2n) is 3.82. The molecule has 2 N–H and O–H groups in total. The van der Waals surface area contributed by atoms with E-state index in [0.717, 1.165) is 12.1 Å². The summed E-state index contributed by atoms with van der Waals surface area (Å²) in [5, 5.41) is 22.0. The first-order valence-corrected chi connectivity index (χ1v) is 6.30. The first-order valence-electron chi connectivity index (χ1n) is 5.51. The first-order chi connectivity index (χ1) is 8.91. The Morgan fingerprint density at radius 1 is 1.47 bits per heavy atom. The van der Waals surface area contributed by atoms with Gasteiger partial charge >= 0.3 is 5.97 Å². The molecule has 0 saturated carbocycles. The van der Waals surface area contributed by atoms with Crippen molar-refractivity contribution in [2.45, 2.75) is 19.3 Å². The molecule has 0 bridgehead atoms. The quantitative estimate of drug-likeness (QED) is 0.454. The van der Waals surface area contributed by atoms with Crippen LogP contribution in [0.25, 0.3) is 0 Å². The third kappa shape index (κ3) is 4.82. The number of benzene rings is 1. The lowest BCUT2D eigenvalue weighted by atomic mass is 10.2. The fraction of sp³-hybridized carbons (Fsp3) is 0.364. The first kappa shape index (κ1) is 15.4. The van der Waals surface area contributed by atoms with Crippen LogP contribution in [0, 0.1) is 15.9 Å². The summed E-state index contributed by atoms with van der Waals surface area (Å²) in [6, 6.07) is 2.13. The molecule has 104 valence electrons. The molecule has 19 heavy (non-hydrogen) atoms. The van der Waals surface area contributed by atoms with Gasteiger partial charge in [-0.3, -0.25) is 14.9 Å². The van der Waals surface area contributed by atoms with E-state index in [4.69, 9.17) is 5.11 Å². The van der Waals surface area contributed by atoms with Crippen LogP contribution in [0.2, 0.25) is 0 Å². The molecule has 0 unspecified atom stereocenters. The summed E-state index contributed by atoms with van der Waals surface area (Å²) in [4.78, 5) is 20.5. The molecular weight excluding hydrogens is 323 g/mol. The summed E-state index contributed by atoms with van der Waals surface area (Å²) >= 11 is 2.89. The Morgan fingerprint density at radius 2 is 2.16 bits per heavy atom. The summed E-state index contributed by atoms with van der Waals surface area (Å²) in [5.74, 6) is -1.49. The van der Waals surface area contributed by atoms with Crippen LogP contribution in [-0.4, -0.2) is 22.5 Å². The monoisotopic (exact) mass is 334 g/mol. The van der Waals surface area contributed by atoms with Gasteiger partial charge in [-0.05, 0) is 28.8 Å². The molecule has 1 rings (SSSR count). The smallest absolute Gasteiger partial charge is 0.303 e. The van der Waals surface area contributed by atoms with Gasteiger partial charge in [-0.2, -0.15) is 0 Å². The van der Waals surface area contributed by atoms with Crippen LogP contribution >= 0.6 is 15.9 Å². The van der Waals surface area contributed by atoms with E-state index in [0.29, 0.717) is 19.4 Å². The van der Waals surface area contributed by atoms with Crippen molar-refractivity contribution in [3.8, 4) is 0 Å². The fourth-order valence-electron chi connectivity index (χ4n) is 1.45. The van der Waals surface area contributed by atoms with Crippen LogP contribution < -0.4 is 5.32 Å². The second kappa shape index (κ2) is 7.03. The average molecular weight is 335 g/mol. The highest BCUT2D eigenvalue weighted by Gasteiger charge is 2.17. The van der Waals surface area contributed by atoms with Crippen LogP contribution in [0.3, 0.4) is 0 Å². The van der Waals surface area contributed by atoms with Crippen LogP contribution in [-0.2, 0) is 4.79 Å². The van der Waals surface area contributed by atoms with Gasteiger partial charge in [0.15, 0.2) is 0 Å². The minimum Gasteiger partial charge on any atom is -0.481 e. The number of hydrogen-bond donors (Lipinski definition) is 2. The third-order valence-electron chi connectivity index (χ3n) is 2.37. The highest BCUT2D eigenvalue weighted by atomic mass is 79.9. The minimum absolute atomic E-state index is 0.0237. The molecular formula is C11H12BrFN2O4. The molecule has 1 aromatic rings. The lowest BCUT2D eigenvalue weighted by Gasteiger charge is -2.07. The number of unbranched alkanes of at least 4 members (excludes halogenated alkanes) is 1. The topological polar surface area (TPSA) is 92.5 Å². The van der Waals surface area contributed by atoms with E-state index < -0.39 is 16.7 Å². The molecule has 0 aliphatic rings. The van der Waals surface area contributed by atoms with Gasteiger partial charge in [-0.15, -0.1) is 0 Å². The molecule has 0 aliphatic carbocycles. The largest absolute Gasteiger partial charge is 0.481 e. The molecule has 0 radical (unpaired) electrons. The van der Waals surface area contributed by atoms with Crippen LogP contribution in [0.5, 0.6) is 0 Å². The van der Waals surface area contributed by atoms with E-state index in [2.05, 4.69) is 21.2 Å². The molecule has 1 aromatic carbocycles. The predicted octanol–water partition coefficient (Wildman–Crippen LogP) is 3.16. The Hall–Kier alpha value is -1.70. The van der Waals surface area contributed by atoms with Crippen LogP contribution in [0.15, 0.2) is 16.6 Å². The average Bonchev–Trinajstić information content (AvgIpc) is 2.32. The SMILES string of the molecule is O=C(O)CCCCNc1cc(F)c(Br)cc1[N+](=O)[O-]. The number of carboxylic acids is 1.